The highest BCUT2D eigenvalue weighted by molar-refractivity contribution is 5.91. The minimum atomic E-state index is -0.442. The Morgan fingerprint density at radius 3 is 2.31 bits per heavy atom. The highest BCUT2D eigenvalue weighted by Gasteiger charge is 2.54. The van der Waals surface area contributed by atoms with Crippen LogP contribution in [0.1, 0.15) is 52.0 Å². The SMILES string of the molecule is CC(C)(C)NC(=O)CN1CC2(CC(CNC(=O)C3(c4ccc(F)cc4)CC3)C2)C1. The minimum absolute atomic E-state index is 0.0825. The van der Waals surface area contributed by atoms with E-state index in [4.69, 9.17) is 0 Å². The van der Waals surface area contributed by atoms with E-state index in [0.29, 0.717) is 24.4 Å². The lowest BCUT2D eigenvalue weighted by molar-refractivity contribution is -0.135. The lowest BCUT2D eigenvalue weighted by Gasteiger charge is -2.59. The normalized spacial score (nSPS) is 22.5. The van der Waals surface area contributed by atoms with Crippen molar-refractivity contribution in [3.8, 4) is 0 Å². The van der Waals surface area contributed by atoms with Crippen molar-refractivity contribution in [2.45, 2.75) is 57.4 Å². The van der Waals surface area contributed by atoms with Gasteiger partial charge in [0.2, 0.25) is 11.8 Å². The van der Waals surface area contributed by atoms with Crippen molar-refractivity contribution in [3.63, 3.8) is 0 Å². The maximum absolute atomic E-state index is 13.2. The van der Waals surface area contributed by atoms with E-state index in [0.717, 1.165) is 44.3 Å². The highest BCUT2D eigenvalue weighted by Crippen LogP contribution is 2.52. The van der Waals surface area contributed by atoms with Crippen LogP contribution in [0.15, 0.2) is 24.3 Å². The number of hydrogen-bond acceptors (Lipinski definition) is 3. The molecular weight excluding hydrogens is 369 g/mol. The molecule has 5 nitrogen and oxygen atoms in total. The van der Waals surface area contributed by atoms with E-state index >= 15 is 0 Å². The molecule has 0 unspecified atom stereocenters. The second-order valence-electron chi connectivity index (χ2n) is 10.5. The lowest BCUT2D eigenvalue weighted by atomic mass is 9.57. The van der Waals surface area contributed by atoms with Gasteiger partial charge < -0.3 is 10.6 Å². The summed E-state index contributed by atoms with van der Waals surface area (Å²) in [6.07, 6.45) is 3.91. The summed E-state index contributed by atoms with van der Waals surface area (Å²) >= 11 is 0. The molecule has 2 N–H and O–H groups in total. The third-order valence-corrected chi connectivity index (χ3v) is 6.58. The molecule has 1 saturated heterocycles. The van der Waals surface area contributed by atoms with Crippen LogP contribution in [0.2, 0.25) is 0 Å². The fourth-order valence-corrected chi connectivity index (χ4v) is 5.19. The summed E-state index contributed by atoms with van der Waals surface area (Å²) < 4.78 is 13.2. The Balaban J connectivity index is 1.17. The molecule has 1 aromatic carbocycles. The predicted octanol–water partition coefficient (Wildman–Crippen LogP) is 2.60. The van der Waals surface area contributed by atoms with Crippen molar-refractivity contribution in [3.05, 3.63) is 35.6 Å². The Bertz CT molecular complexity index is 781. The molecule has 1 aliphatic heterocycles. The van der Waals surface area contributed by atoms with E-state index in [2.05, 4.69) is 15.5 Å². The monoisotopic (exact) mass is 401 g/mol. The molecule has 0 atom stereocenters. The van der Waals surface area contributed by atoms with Gasteiger partial charge in [-0.05, 0) is 75.5 Å². The van der Waals surface area contributed by atoms with E-state index in [9.17, 15) is 14.0 Å². The fourth-order valence-electron chi connectivity index (χ4n) is 5.19. The molecule has 6 heteroatoms. The first-order valence-corrected chi connectivity index (χ1v) is 10.7. The maximum Gasteiger partial charge on any atom is 0.234 e. The van der Waals surface area contributed by atoms with Gasteiger partial charge in [0.1, 0.15) is 5.82 Å². The zero-order chi connectivity index (χ0) is 20.9. The number of carbonyl (C=O) groups excluding carboxylic acids is 2. The Kier molecular flexibility index (Phi) is 4.96. The number of nitrogens with zero attached hydrogens (tertiary/aromatic N) is 1. The third kappa shape index (κ3) is 4.32. The average Bonchev–Trinajstić information content (AvgIpc) is 3.35. The number of carbonyl (C=O) groups is 2. The molecule has 2 saturated carbocycles. The van der Waals surface area contributed by atoms with Gasteiger partial charge in [0.25, 0.3) is 0 Å². The van der Waals surface area contributed by atoms with E-state index in [1.54, 1.807) is 12.1 Å². The molecule has 3 aliphatic rings. The lowest BCUT2D eigenvalue weighted by Crippen LogP contribution is -2.65. The molecule has 0 aromatic heterocycles. The zero-order valence-corrected chi connectivity index (χ0v) is 17.7. The number of hydrogen-bond donors (Lipinski definition) is 2. The second-order valence-corrected chi connectivity index (χ2v) is 10.5. The average molecular weight is 402 g/mol. The summed E-state index contributed by atoms with van der Waals surface area (Å²) in [7, 11) is 0. The first-order chi connectivity index (χ1) is 13.6. The van der Waals surface area contributed by atoms with Crippen molar-refractivity contribution in [1.29, 1.82) is 0 Å². The van der Waals surface area contributed by atoms with Gasteiger partial charge in [-0.3, -0.25) is 14.5 Å². The van der Waals surface area contributed by atoms with Gasteiger partial charge >= 0.3 is 0 Å². The summed E-state index contributed by atoms with van der Waals surface area (Å²) in [6, 6.07) is 6.34. The number of rotatable bonds is 6. The van der Waals surface area contributed by atoms with E-state index in [-0.39, 0.29) is 23.2 Å². The standard InChI is InChI=1S/C23H32FN3O2/c1-21(2,3)26-19(28)13-27-14-22(15-27)10-16(11-22)12-25-20(29)23(8-9-23)17-4-6-18(24)7-5-17/h4-7,16H,8-15H2,1-3H3,(H,25,29)(H,26,28). The molecule has 2 amide bonds. The van der Waals surface area contributed by atoms with Crippen LogP contribution in [-0.2, 0) is 15.0 Å². The zero-order valence-electron chi connectivity index (χ0n) is 17.7. The Morgan fingerprint density at radius 1 is 1.14 bits per heavy atom. The van der Waals surface area contributed by atoms with E-state index in [1.807, 2.05) is 20.8 Å². The second kappa shape index (κ2) is 7.08. The quantitative estimate of drug-likeness (QED) is 0.770. The van der Waals surface area contributed by atoms with Gasteiger partial charge in [-0.2, -0.15) is 0 Å². The van der Waals surface area contributed by atoms with Gasteiger partial charge in [0, 0.05) is 25.2 Å². The molecule has 1 heterocycles. The van der Waals surface area contributed by atoms with Gasteiger partial charge in [-0.15, -0.1) is 0 Å². The first kappa shape index (κ1) is 20.3. The van der Waals surface area contributed by atoms with Crippen LogP contribution in [0.3, 0.4) is 0 Å². The van der Waals surface area contributed by atoms with Crippen LogP contribution in [0, 0.1) is 17.2 Å². The molecule has 1 spiro atoms. The molecule has 0 radical (unpaired) electrons. The van der Waals surface area contributed by atoms with Crippen molar-refractivity contribution in [1.82, 2.24) is 15.5 Å². The van der Waals surface area contributed by atoms with Gasteiger partial charge in [0.15, 0.2) is 0 Å². The fraction of sp³-hybridized carbons (Fsp3) is 0.652. The maximum atomic E-state index is 13.2. The Morgan fingerprint density at radius 2 is 1.76 bits per heavy atom. The number of nitrogens with one attached hydrogen (secondary N) is 2. The van der Waals surface area contributed by atoms with Crippen LogP contribution >= 0.6 is 0 Å². The van der Waals surface area contributed by atoms with Crippen LogP contribution in [0.5, 0.6) is 0 Å². The molecule has 2 aliphatic carbocycles. The smallest absolute Gasteiger partial charge is 0.234 e. The molecular formula is C23H32FN3O2. The molecule has 1 aromatic rings. The summed E-state index contributed by atoms with van der Waals surface area (Å²) in [4.78, 5) is 27.0. The van der Waals surface area contributed by atoms with Crippen LogP contribution < -0.4 is 10.6 Å². The molecule has 29 heavy (non-hydrogen) atoms. The topological polar surface area (TPSA) is 61.4 Å². The summed E-state index contributed by atoms with van der Waals surface area (Å²) in [5.41, 5.74) is 0.644. The van der Waals surface area contributed by atoms with Crippen molar-refractivity contribution < 1.29 is 14.0 Å². The molecule has 0 bridgehead atoms. The highest BCUT2D eigenvalue weighted by atomic mass is 19.1. The number of amides is 2. The van der Waals surface area contributed by atoms with Crippen molar-refractivity contribution >= 4 is 11.8 Å². The Labute approximate surface area is 172 Å². The van der Waals surface area contributed by atoms with Gasteiger partial charge in [-0.25, -0.2) is 4.39 Å². The van der Waals surface area contributed by atoms with Crippen LogP contribution in [0.4, 0.5) is 4.39 Å². The minimum Gasteiger partial charge on any atom is -0.355 e. The Hall–Kier alpha value is -1.95. The largest absolute Gasteiger partial charge is 0.355 e. The summed E-state index contributed by atoms with van der Waals surface area (Å²) in [5, 5.41) is 6.16. The number of benzene rings is 1. The molecule has 3 fully saturated rings. The van der Waals surface area contributed by atoms with Gasteiger partial charge in [0.05, 0.1) is 12.0 Å². The van der Waals surface area contributed by atoms with Gasteiger partial charge in [-0.1, -0.05) is 12.1 Å². The molecule has 158 valence electrons. The first-order valence-electron chi connectivity index (χ1n) is 10.7. The summed E-state index contributed by atoms with van der Waals surface area (Å²) in [6.45, 7) is 9.14. The van der Waals surface area contributed by atoms with Crippen molar-refractivity contribution in [2.24, 2.45) is 11.3 Å². The van der Waals surface area contributed by atoms with E-state index in [1.165, 1.54) is 12.1 Å². The number of halogens is 1. The number of likely N-dealkylation sites (tertiary alicyclic amines) is 1. The van der Waals surface area contributed by atoms with Crippen molar-refractivity contribution in [2.75, 3.05) is 26.2 Å². The summed E-state index contributed by atoms with van der Waals surface area (Å²) in [5.74, 6) is 0.425. The third-order valence-electron chi connectivity index (χ3n) is 6.58. The van der Waals surface area contributed by atoms with Crippen LogP contribution in [0.25, 0.3) is 0 Å². The van der Waals surface area contributed by atoms with E-state index < -0.39 is 5.41 Å². The molecule has 4 rings (SSSR count). The predicted molar refractivity (Wildman–Crippen MR) is 110 cm³/mol. The van der Waals surface area contributed by atoms with Crippen LogP contribution in [-0.4, -0.2) is 48.4 Å².